The highest BCUT2D eigenvalue weighted by molar-refractivity contribution is 7.92. The Morgan fingerprint density at radius 2 is 1.82 bits per heavy atom. The zero-order valence-corrected chi connectivity index (χ0v) is 14.2. The molecule has 0 saturated carbocycles. The lowest BCUT2D eigenvalue weighted by Crippen LogP contribution is -2.14. The quantitative estimate of drug-likeness (QED) is 0.932. The molecule has 1 aromatic heterocycles. The van der Waals surface area contributed by atoms with E-state index in [0.29, 0.717) is 5.69 Å². The summed E-state index contributed by atoms with van der Waals surface area (Å²) in [5, 5.41) is 0. The molecule has 1 aromatic carbocycles. The van der Waals surface area contributed by atoms with Gasteiger partial charge in [-0.3, -0.25) is 9.71 Å². The maximum absolute atomic E-state index is 11.6. The number of nitrogens with zero attached hydrogens (tertiary/aromatic N) is 1. The maximum Gasteiger partial charge on any atom is 0.232 e. The van der Waals surface area contributed by atoms with E-state index in [9.17, 15) is 8.42 Å². The highest BCUT2D eigenvalue weighted by atomic mass is 32.2. The van der Waals surface area contributed by atoms with Crippen molar-refractivity contribution in [3.8, 4) is 11.1 Å². The molecule has 0 aliphatic heterocycles. The summed E-state index contributed by atoms with van der Waals surface area (Å²) in [6, 6.07) is 11.4. The van der Waals surface area contributed by atoms with Crippen LogP contribution in [0.15, 0.2) is 42.6 Å². The van der Waals surface area contributed by atoms with Crippen molar-refractivity contribution < 1.29 is 8.42 Å². The van der Waals surface area contributed by atoms with E-state index in [1.807, 2.05) is 36.5 Å². The first kappa shape index (κ1) is 16.5. The number of hydrogen-bond acceptors (Lipinski definition) is 3. The van der Waals surface area contributed by atoms with Crippen LogP contribution in [0.3, 0.4) is 0 Å². The topological polar surface area (TPSA) is 59.1 Å². The lowest BCUT2D eigenvalue weighted by Gasteiger charge is -2.17. The van der Waals surface area contributed by atoms with E-state index in [4.69, 9.17) is 0 Å². The van der Waals surface area contributed by atoms with Gasteiger partial charge in [0.15, 0.2) is 0 Å². The third kappa shape index (κ3) is 4.07. The van der Waals surface area contributed by atoms with Gasteiger partial charge in [-0.25, -0.2) is 8.42 Å². The van der Waals surface area contributed by atoms with Gasteiger partial charge in [-0.05, 0) is 30.7 Å². The molecule has 1 heterocycles. The Bertz CT molecular complexity index is 745. The first-order chi connectivity index (χ1) is 10.2. The highest BCUT2D eigenvalue weighted by Crippen LogP contribution is 2.25. The van der Waals surface area contributed by atoms with Crippen molar-refractivity contribution in [1.29, 1.82) is 0 Å². The van der Waals surface area contributed by atoms with Crippen LogP contribution >= 0.6 is 0 Å². The molecule has 22 heavy (non-hydrogen) atoms. The van der Waals surface area contributed by atoms with Gasteiger partial charge in [-0.2, -0.15) is 0 Å². The summed E-state index contributed by atoms with van der Waals surface area (Å²) < 4.78 is 25.9. The maximum atomic E-state index is 11.6. The molecule has 0 saturated heterocycles. The van der Waals surface area contributed by atoms with Gasteiger partial charge in [-0.1, -0.05) is 39.0 Å². The number of rotatable bonds is 4. The number of benzene rings is 1. The molecule has 1 N–H and O–H groups in total. The summed E-state index contributed by atoms with van der Waals surface area (Å²) in [5.74, 6) is 0.0546. The standard InChI is InChI=1S/C17H22N2O2S/c1-5-22(20,21)19-15-8-6-7-13(11-15)14-9-10-16(18-12-14)17(2,3)4/h6-12,19H,5H2,1-4H3. The fraction of sp³-hybridized carbons (Fsp3) is 0.353. The Labute approximate surface area is 132 Å². The van der Waals surface area contributed by atoms with E-state index in [1.54, 1.807) is 13.0 Å². The number of anilines is 1. The molecule has 0 aliphatic carbocycles. The smallest absolute Gasteiger partial charge is 0.232 e. The zero-order valence-electron chi connectivity index (χ0n) is 13.4. The second-order valence-electron chi connectivity index (χ2n) is 6.27. The Kier molecular flexibility index (Phi) is 4.56. The largest absolute Gasteiger partial charge is 0.284 e. The molecule has 0 aliphatic rings. The molecule has 5 heteroatoms. The van der Waals surface area contributed by atoms with Gasteiger partial charge in [0, 0.05) is 28.6 Å². The molecule has 0 amide bonds. The second-order valence-corrected chi connectivity index (χ2v) is 8.28. The molecule has 118 valence electrons. The van der Waals surface area contributed by atoms with Crippen LogP contribution in [0.1, 0.15) is 33.4 Å². The van der Waals surface area contributed by atoms with E-state index in [-0.39, 0.29) is 11.2 Å². The van der Waals surface area contributed by atoms with E-state index in [2.05, 4.69) is 30.5 Å². The van der Waals surface area contributed by atoms with Crippen LogP contribution < -0.4 is 4.72 Å². The van der Waals surface area contributed by atoms with Gasteiger partial charge in [-0.15, -0.1) is 0 Å². The summed E-state index contributed by atoms with van der Waals surface area (Å²) in [6.45, 7) is 7.97. The molecule has 0 spiro atoms. The van der Waals surface area contributed by atoms with Crippen LogP contribution in [0.5, 0.6) is 0 Å². The minimum atomic E-state index is -3.26. The Morgan fingerprint density at radius 1 is 1.09 bits per heavy atom. The van der Waals surface area contributed by atoms with Crippen LogP contribution in [0, 0.1) is 0 Å². The van der Waals surface area contributed by atoms with E-state index >= 15 is 0 Å². The lowest BCUT2D eigenvalue weighted by atomic mass is 9.91. The molecule has 0 unspecified atom stereocenters. The molecule has 0 fully saturated rings. The van der Waals surface area contributed by atoms with Crippen molar-refractivity contribution in [2.24, 2.45) is 0 Å². The molecule has 0 atom stereocenters. The van der Waals surface area contributed by atoms with Crippen molar-refractivity contribution in [3.05, 3.63) is 48.3 Å². The van der Waals surface area contributed by atoms with Crippen molar-refractivity contribution in [3.63, 3.8) is 0 Å². The predicted octanol–water partition coefficient (Wildman–Crippen LogP) is 3.81. The monoisotopic (exact) mass is 318 g/mol. The van der Waals surface area contributed by atoms with Crippen LogP contribution in [-0.2, 0) is 15.4 Å². The molecule has 0 radical (unpaired) electrons. The highest BCUT2D eigenvalue weighted by Gasteiger charge is 2.15. The average molecular weight is 318 g/mol. The minimum Gasteiger partial charge on any atom is -0.284 e. The average Bonchev–Trinajstić information content (AvgIpc) is 2.46. The molecule has 2 aromatic rings. The Balaban J connectivity index is 2.30. The molecular formula is C17H22N2O2S. The number of sulfonamides is 1. The van der Waals surface area contributed by atoms with Crippen molar-refractivity contribution in [2.45, 2.75) is 33.1 Å². The van der Waals surface area contributed by atoms with Gasteiger partial charge in [0.1, 0.15) is 0 Å². The third-order valence-corrected chi connectivity index (χ3v) is 4.69. The Morgan fingerprint density at radius 3 is 2.36 bits per heavy atom. The number of hydrogen-bond donors (Lipinski definition) is 1. The van der Waals surface area contributed by atoms with E-state index < -0.39 is 10.0 Å². The molecule has 4 nitrogen and oxygen atoms in total. The minimum absolute atomic E-state index is 0.0110. The molecule has 0 bridgehead atoms. The summed E-state index contributed by atoms with van der Waals surface area (Å²) in [6.07, 6.45) is 1.83. The first-order valence-corrected chi connectivity index (χ1v) is 8.94. The van der Waals surface area contributed by atoms with Crippen molar-refractivity contribution in [1.82, 2.24) is 4.98 Å². The Hall–Kier alpha value is -1.88. The first-order valence-electron chi connectivity index (χ1n) is 7.29. The van der Waals surface area contributed by atoms with Crippen LogP contribution in [0.2, 0.25) is 0 Å². The zero-order chi connectivity index (χ0) is 16.4. The summed E-state index contributed by atoms with van der Waals surface area (Å²) in [7, 11) is -3.26. The predicted molar refractivity (Wildman–Crippen MR) is 91.5 cm³/mol. The summed E-state index contributed by atoms with van der Waals surface area (Å²) >= 11 is 0. The lowest BCUT2D eigenvalue weighted by molar-refractivity contribution is 0.569. The molecule has 2 rings (SSSR count). The normalized spacial score (nSPS) is 12.2. The molecular weight excluding hydrogens is 296 g/mol. The van der Waals surface area contributed by atoms with Gasteiger partial charge in [0.05, 0.1) is 5.75 Å². The van der Waals surface area contributed by atoms with Crippen LogP contribution in [0.4, 0.5) is 5.69 Å². The summed E-state index contributed by atoms with van der Waals surface area (Å²) in [5.41, 5.74) is 3.50. The van der Waals surface area contributed by atoms with Crippen molar-refractivity contribution in [2.75, 3.05) is 10.5 Å². The fourth-order valence-corrected chi connectivity index (χ4v) is 2.65. The van der Waals surface area contributed by atoms with E-state index in [1.165, 1.54) is 0 Å². The second kappa shape index (κ2) is 6.08. The SMILES string of the molecule is CCS(=O)(=O)Nc1cccc(-c2ccc(C(C)(C)C)nc2)c1. The van der Waals surface area contributed by atoms with Crippen molar-refractivity contribution >= 4 is 15.7 Å². The number of aromatic nitrogens is 1. The number of nitrogens with one attached hydrogen (secondary N) is 1. The van der Waals surface area contributed by atoms with Gasteiger partial charge < -0.3 is 0 Å². The third-order valence-electron chi connectivity index (χ3n) is 3.38. The fourth-order valence-electron chi connectivity index (χ4n) is 2.02. The van der Waals surface area contributed by atoms with E-state index in [0.717, 1.165) is 16.8 Å². The number of pyridine rings is 1. The van der Waals surface area contributed by atoms with Gasteiger partial charge in [0.2, 0.25) is 10.0 Å². The van der Waals surface area contributed by atoms with Gasteiger partial charge in [0.25, 0.3) is 0 Å². The summed E-state index contributed by atoms with van der Waals surface area (Å²) in [4.78, 5) is 4.51. The van der Waals surface area contributed by atoms with Crippen LogP contribution in [-0.4, -0.2) is 19.2 Å². The van der Waals surface area contributed by atoms with Crippen LogP contribution in [0.25, 0.3) is 11.1 Å². The van der Waals surface area contributed by atoms with Gasteiger partial charge >= 0.3 is 0 Å².